The first-order valence-corrected chi connectivity index (χ1v) is 8.43. The number of anilines is 1. The monoisotopic (exact) mass is 356 g/mol. The number of ether oxygens (including phenoxy) is 1. The van der Waals surface area contributed by atoms with Crippen molar-refractivity contribution in [1.29, 1.82) is 0 Å². The van der Waals surface area contributed by atoms with Gasteiger partial charge in [-0.3, -0.25) is 19.3 Å². The molecule has 1 saturated heterocycles. The van der Waals surface area contributed by atoms with Crippen molar-refractivity contribution in [3.05, 3.63) is 50.9 Å². The van der Waals surface area contributed by atoms with Gasteiger partial charge in [0.1, 0.15) is 0 Å². The van der Waals surface area contributed by atoms with Crippen LogP contribution in [0.15, 0.2) is 34.1 Å². The van der Waals surface area contributed by atoms with E-state index >= 15 is 0 Å². The van der Waals surface area contributed by atoms with E-state index in [1.54, 1.807) is 31.1 Å². The van der Waals surface area contributed by atoms with Gasteiger partial charge in [-0.05, 0) is 24.1 Å². The zero-order valence-electron chi connectivity index (χ0n) is 14.6. The molecule has 3 aromatic rings. The van der Waals surface area contributed by atoms with Crippen molar-refractivity contribution in [1.82, 2.24) is 24.1 Å². The van der Waals surface area contributed by atoms with Crippen molar-refractivity contribution < 1.29 is 4.74 Å². The molecule has 1 aliphatic rings. The number of aryl methyl sites for hydroxylation is 2. The van der Waals surface area contributed by atoms with E-state index in [9.17, 15) is 9.59 Å². The molecular weight excluding hydrogens is 336 g/mol. The number of nitrogens with zero attached hydrogens (tertiary/aromatic N) is 4. The predicted molar refractivity (Wildman–Crippen MR) is 96.2 cm³/mol. The van der Waals surface area contributed by atoms with Gasteiger partial charge in [0.05, 0.1) is 19.3 Å². The van der Waals surface area contributed by atoms with Crippen LogP contribution in [-0.4, -0.2) is 43.3 Å². The molecule has 26 heavy (non-hydrogen) atoms. The van der Waals surface area contributed by atoms with Crippen LogP contribution in [0.4, 0.5) is 5.95 Å². The van der Waals surface area contributed by atoms with Crippen LogP contribution in [-0.2, 0) is 25.3 Å². The van der Waals surface area contributed by atoms with Gasteiger partial charge in [-0.25, -0.2) is 4.79 Å². The summed E-state index contributed by atoms with van der Waals surface area (Å²) in [7, 11) is 3.34. The van der Waals surface area contributed by atoms with Crippen molar-refractivity contribution in [2.75, 3.05) is 18.5 Å². The number of aromatic nitrogens is 5. The van der Waals surface area contributed by atoms with Crippen LogP contribution in [0, 0.1) is 5.92 Å². The Kier molecular flexibility index (Phi) is 4.08. The number of hydrogen-bond donors (Lipinski definition) is 2. The highest BCUT2D eigenvalue weighted by atomic mass is 16.5. The summed E-state index contributed by atoms with van der Waals surface area (Å²) in [5.41, 5.74) is 0.993. The van der Waals surface area contributed by atoms with Gasteiger partial charge in [0.2, 0.25) is 5.95 Å². The molecule has 2 atom stereocenters. The minimum Gasteiger partial charge on any atom is -0.379 e. The van der Waals surface area contributed by atoms with Crippen molar-refractivity contribution in [3.63, 3.8) is 0 Å². The molecule has 0 saturated carbocycles. The van der Waals surface area contributed by atoms with Gasteiger partial charge in [-0.2, -0.15) is 4.98 Å². The third-order valence-corrected chi connectivity index (χ3v) is 4.89. The molecule has 0 unspecified atom stereocenters. The molecule has 9 heteroatoms. The van der Waals surface area contributed by atoms with E-state index in [1.165, 1.54) is 10.1 Å². The topological polar surface area (TPSA) is 107 Å². The highest BCUT2D eigenvalue weighted by Gasteiger charge is 2.30. The summed E-state index contributed by atoms with van der Waals surface area (Å²) < 4.78 is 8.67. The second-order valence-corrected chi connectivity index (χ2v) is 6.59. The molecule has 1 fully saturated rings. The molecule has 2 N–H and O–H groups in total. The van der Waals surface area contributed by atoms with E-state index in [1.807, 2.05) is 12.1 Å². The Morgan fingerprint density at radius 2 is 2.00 bits per heavy atom. The fourth-order valence-electron chi connectivity index (χ4n) is 3.38. The van der Waals surface area contributed by atoms with Crippen LogP contribution in [0.3, 0.4) is 0 Å². The quantitative estimate of drug-likeness (QED) is 0.683. The molecule has 4 heterocycles. The largest absolute Gasteiger partial charge is 0.379 e. The molecule has 0 amide bonds. The fraction of sp³-hybridized carbons (Fsp3) is 0.412. The van der Waals surface area contributed by atoms with Gasteiger partial charge < -0.3 is 14.6 Å². The normalized spacial score (nSPS) is 19.9. The highest BCUT2D eigenvalue weighted by Crippen LogP contribution is 2.23. The van der Waals surface area contributed by atoms with Crippen molar-refractivity contribution in [2.45, 2.75) is 12.5 Å². The Balaban J connectivity index is 1.63. The third kappa shape index (κ3) is 2.80. The average molecular weight is 356 g/mol. The molecular formula is C17H20N6O3. The Hall–Kier alpha value is -2.94. The molecule has 0 aromatic carbocycles. The van der Waals surface area contributed by atoms with E-state index in [2.05, 4.69) is 20.3 Å². The number of fused-ring (bicyclic) bond motifs is 1. The maximum absolute atomic E-state index is 12.1. The summed E-state index contributed by atoms with van der Waals surface area (Å²) in [5, 5.41) is 3.39. The maximum atomic E-state index is 12.1. The van der Waals surface area contributed by atoms with Crippen LogP contribution in [0.1, 0.15) is 5.56 Å². The minimum atomic E-state index is -0.480. The number of nitrogens with one attached hydrogen (secondary N) is 2. The van der Waals surface area contributed by atoms with Crippen molar-refractivity contribution in [2.24, 2.45) is 20.0 Å². The minimum absolute atomic E-state index is 0.0646. The Labute approximate surface area is 148 Å². The fourth-order valence-corrected chi connectivity index (χ4v) is 3.38. The number of aromatic amines is 1. The predicted octanol–water partition coefficient (Wildman–Crippen LogP) is 0.0249. The summed E-state index contributed by atoms with van der Waals surface area (Å²) in [5.74, 6) is 0.821. The van der Waals surface area contributed by atoms with Gasteiger partial charge in [-0.1, -0.05) is 0 Å². The number of hydrogen-bond acceptors (Lipinski definition) is 6. The molecule has 0 radical (unpaired) electrons. The van der Waals surface area contributed by atoms with E-state index in [0.717, 1.165) is 6.42 Å². The molecule has 1 aliphatic heterocycles. The maximum Gasteiger partial charge on any atom is 0.329 e. The highest BCUT2D eigenvalue weighted by molar-refractivity contribution is 5.73. The number of imidazole rings is 1. The second-order valence-electron chi connectivity index (χ2n) is 6.59. The number of H-pyrrole nitrogens is 1. The summed E-state index contributed by atoms with van der Waals surface area (Å²) in [6.07, 6.45) is 4.43. The second kappa shape index (κ2) is 6.41. The van der Waals surface area contributed by atoms with Crippen molar-refractivity contribution >= 4 is 17.1 Å². The molecule has 3 aromatic heterocycles. The summed E-state index contributed by atoms with van der Waals surface area (Å²) in [6.45, 7) is 1.22. The van der Waals surface area contributed by atoms with Crippen LogP contribution in [0.5, 0.6) is 0 Å². The van der Waals surface area contributed by atoms with Gasteiger partial charge in [0.25, 0.3) is 5.56 Å². The van der Waals surface area contributed by atoms with Crippen LogP contribution in [0.25, 0.3) is 11.2 Å². The molecule has 136 valence electrons. The first-order chi connectivity index (χ1) is 12.5. The lowest BCUT2D eigenvalue weighted by atomic mass is 9.95. The zero-order valence-corrected chi connectivity index (χ0v) is 14.6. The van der Waals surface area contributed by atoms with Gasteiger partial charge in [0, 0.05) is 32.4 Å². The summed E-state index contributed by atoms with van der Waals surface area (Å²) >= 11 is 0. The molecule has 4 rings (SSSR count). The van der Waals surface area contributed by atoms with E-state index in [0.29, 0.717) is 30.3 Å². The summed E-state index contributed by atoms with van der Waals surface area (Å²) in [6, 6.07) is 4.06. The molecule has 0 bridgehead atoms. The smallest absolute Gasteiger partial charge is 0.329 e. The zero-order chi connectivity index (χ0) is 18.3. The van der Waals surface area contributed by atoms with E-state index in [-0.39, 0.29) is 12.0 Å². The lowest BCUT2D eigenvalue weighted by Crippen LogP contribution is -2.30. The van der Waals surface area contributed by atoms with Crippen LogP contribution in [0.2, 0.25) is 0 Å². The van der Waals surface area contributed by atoms with E-state index in [4.69, 9.17) is 4.74 Å². The van der Waals surface area contributed by atoms with Crippen LogP contribution < -0.4 is 16.6 Å². The van der Waals surface area contributed by atoms with Gasteiger partial charge in [-0.15, -0.1) is 0 Å². The Morgan fingerprint density at radius 1 is 1.23 bits per heavy atom. The third-order valence-electron chi connectivity index (χ3n) is 4.89. The summed E-state index contributed by atoms with van der Waals surface area (Å²) in [4.78, 5) is 34.7. The molecule has 0 aliphatic carbocycles. The average Bonchev–Trinajstić information content (AvgIpc) is 3.19. The SMILES string of the molecule is Cn1c(N[C@H]2COC[C@H]2Cc2ccncc2)nc2c1c(=O)[nH]c(=O)n2C. The first-order valence-electron chi connectivity index (χ1n) is 8.43. The number of pyridine rings is 1. The van der Waals surface area contributed by atoms with Gasteiger partial charge in [0.15, 0.2) is 11.2 Å². The van der Waals surface area contributed by atoms with Gasteiger partial charge >= 0.3 is 5.69 Å². The van der Waals surface area contributed by atoms with Crippen molar-refractivity contribution in [3.8, 4) is 0 Å². The van der Waals surface area contributed by atoms with E-state index < -0.39 is 11.2 Å². The molecule has 9 nitrogen and oxygen atoms in total. The van der Waals surface area contributed by atoms with Crippen LogP contribution >= 0.6 is 0 Å². The number of rotatable bonds is 4. The standard InChI is InChI=1S/C17H20N6O3/c1-22-13-14(23(2)17(25)21-15(13)24)20-16(22)19-12-9-26-8-11(12)7-10-3-5-18-6-4-10/h3-6,11-12H,7-9H2,1-2H3,(H,19,20)(H,21,24,25)/t11-,12+/m1/s1. The first kappa shape index (κ1) is 16.5. The Morgan fingerprint density at radius 3 is 2.77 bits per heavy atom. The Bertz CT molecular complexity index is 1050. The lowest BCUT2D eigenvalue weighted by molar-refractivity contribution is 0.185. The molecule has 0 spiro atoms. The lowest BCUT2D eigenvalue weighted by Gasteiger charge is -2.19.